The van der Waals surface area contributed by atoms with Gasteiger partial charge in [-0.05, 0) is 13.0 Å². The van der Waals surface area contributed by atoms with Crippen molar-refractivity contribution in [1.29, 1.82) is 0 Å². The summed E-state index contributed by atoms with van der Waals surface area (Å²) in [5, 5.41) is 0. The summed E-state index contributed by atoms with van der Waals surface area (Å²) in [7, 11) is 0. The largest absolute Gasteiger partial charge is 0.291 e. The van der Waals surface area contributed by atoms with Crippen molar-refractivity contribution in [3.8, 4) is 0 Å². The molecule has 0 saturated carbocycles. The van der Waals surface area contributed by atoms with Crippen LogP contribution in [0.25, 0.3) is 0 Å². The Balaban J connectivity index is 4.06. The van der Waals surface area contributed by atoms with E-state index >= 15 is 0 Å². The zero-order chi connectivity index (χ0) is 7.44. The summed E-state index contributed by atoms with van der Waals surface area (Å²) in [6.45, 7) is 4.85. The molecule has 0 N–H and O–H groups in total. The first-order valence-electron chi connectivity index (χ1n) is 2.95. The molecule has 1 nitrogen and oxygen atoms in total. The zero-order valence-electron chi connectivity index (χ0n) is 5.94. The van der Waals surface area contributed by atoms with Gasteiger partial charge in [-0.15, -0.1) is 0 Å². The van der Waals surface area contributed by atoms with Gasteiger partial charge in [0, 0.05) is 5.92 Å². The van der Waals surface area contributed by atoms with Gasteiger partial charge in [-0.2, -0.15) is 0 Å². The Morgan fingerprint density at radius 2 is 2.00 bits per heavy atom. The van der Waals surface area contributed by atoms with Gasteiger partial charge in [-0.3, -0.25) is 4.79 Å². The highest BCUT2D eigenvalue weighted by Gasteiger charge is 2.10. The van der Waals surface area contributed by atoms with Crippen LogP contribution in [0.4, 0.5) is 4.39 Å². The first kappa shape index (κ1) is 8.34. The summed E-state index contributed by atoms with van der Waals surface area (Å²) >= 11 is 0. The van der Waals surface area contributed by atoms with E-state index in [4.69, 9.17) is 0 Å². The van der Waals surface area contributed by atoms with Gasteiger partial charge in [-0.1, -0.05) is 13.8 Å². The summed E-state index contributed by atoms with van der Waals surface area (Å²) in [5.74, 6) is -1.29. The van der Waals surface area contributed by atoms with Crippen LogP contribution in [-0.2, 0) is 4.79 Å². The number of hydrogen-bond acceptors (Lipinski definition) is 1. The molecule has 0 aliphatic rings. The minimum absolute atomic E-state index is 0.235. The average molecular weight is 130 g/mol. The Morgan fingerprint density at radius 1 is 1.56 bits per heavy atom. The molecule has 0 amide bonds. The predicted octanol–water partition coefficient (Wildman–Crippen LogP) is 2.08. The standard InChI is InChI=1S/C7H11FO/c1-4-6(8)7(9)5(2)3/h4-5H,1-3H3/b6-4-. The quantitative estimate of drug-likeness (QED) is 0.523. The lowest BCUT2D eigenvalue weighted by molar-refractivity contribution is -0.119. The number of carbonyl (C=O) groups is 1. The molecule has 0 aromatic heterocycles. The van der Waals surface area contributed by atoms with Crippen molar-refractivity contribution in [2.45, 2.75) is 20.8 Å². The molecule has 0 bridgehead atoms. The molecule has 0 aromatic rings. The van der Waals surface area contributed by atoms with Crippen molar-refractivity contribution in [3.05, 3.63) is 11.9 Å². The van der Waals surface area contributed by atoms with Crippen LogP contribution in [0.2, 0.25) is 0 Å². The van der Waals surface area contributed by atoms with E-state index in [0.717, 1.165) is 0 Å². The summed E-state index contributed by atoms with van der Waals surface area (Å²) < 4.78 is 12.3. The molecule has 0 heterocycles. The van der Waals surface area contributed by atoms with E-state index in [9.17, 15) is 9.18 Å². The Bertz CT molecular complexity index is 136. The van der Waals surface area contributed by atoms with Crippen LogP contribution in [0.1, 0.15) is 20.8 Å². The lowest BCUT2D eigenvalue weighted by Crippen LogP contribution is -2.06. The number of halogens is 1. The third kappa shape index (κ3) is 2.40. The summed E-state index contributed by atoms with van der Waals surface area (Å²) in [5.41, 5.74) is 0. The second kappa shape index (κ2) is 3.38. The van der Waals surface area contributed by atoms with E-state index in [2.05, 4.69) is 0 Å². The van der Waals surface area contributed by atoms with Gasteiger partial charge in [0.15, 0.2) is 11.6 Å². The Hall–Kier alpha value is -0.660. The third-order valence-electron chi connectivity index (χ3n) is 1.01. The SMILES string of the molecule is C/C=C(\F)C(=O)C(C)C. The predicted molar refractivity (Wildman–Crippen MR) is 34.7 cm³/mol. The van der Waals surface area contributed by atoms with E-state index < -0.39 is 11.6 Å². The highest BCUT2D eigenvalue weighted by molar-refractivity contribution is 5.94. The molecule has 0 saturated heterocycles. The summed E-state index contributed by atoms with van der Waals surface area (Å²) in [6, 6.07) is 0. The highest BCUT2D eigenvalue weighted by atomic mass is 19.1. The van der Waals surface area contributed by atoms with Gasteiger partial charge in [0.1, 0.15) is 0 Å². The molecule has 52 valence electrons. The van der Waals surface area contributed by atoms with Crippen LogP contribution in [0.5, 0.6) is 0 Å². The number of carbonyl (C=O) groups excluding carboxylic acids is 1. The maximum atomic E-state index is 12.3. The Kier molecular flexibility index (Phi) is 3.13. The molecule has 0 spiro atoms. The molecular weight excluding hydrogens is 119 g/mol. The van der Waals surface area contributed by atoms with Crippen LogP contribution < -0.4 is 0 Å². The lowest BCUT2D eigenvalue weighted by atomic mass is 10.1. The van der Waals surface area contributed by atoms with E-state index in [1.165, 1.54) is 13.0 Å². The molecule has 0 atom stereocenters. The molecule has 0 rings (SSSR count). The van der Waals surface area contributed by atoms with E-state index in [1.54, 1.807) is 13.8 Å². The third-order valence-corrected chi connectivity index (χ3v) is 1.01. The van der Waals surface area contributed by atoms with Crippen LogP contribution in [-0.4, -0.2) is 5.78 Å². The number of allylic oxidation sites excluding steroid dienone is 2. The molecule has 2 heteroatoms. The van der Waals surface area contributed by atoms with Crippen molar-refractivity contribution < 1.29 is 9.18 Å². The molecule has 0 aliphatic carbocycles. The van der Waals surface area contributed by atoms with Gasteiger partial charge in [0.05, 0.1) is 0 Å². The van der Waals surface area contributed by atoms with Crippen molar-refractivity contribution in [1.82, 2.24) is 0 Å². The fourth-order valence-corrected chi connectivity index (χ4v) is 0.418. The summed E-state index contributed by atoms with van der Waals surface area (Å²) in [6.07, 6.45) is 1.18. The second-order valence-electron chi connectivity index (χ2n) is 2.16. The molecule has 0 fully saturated rings. The lowest BCUT2D eigenvalue weighted by Gasteiger charge is -1.97. The maximum absolute atomic E-state index is 12.3. The van der Waals surface area contributed by atoms with Crippen LogP contribution in [0, 0.1) is 5.92 Å². The van der Waals surface area contributed by atoms with Gasteiger partial charge in [0.25, 0.3) is 0 Å². The minimum Gasteiger partial charge on any atom is -0.291 e. The number of hydrogen-bond donors (Lipinski definition) is 0. The van der Waals surface area contributed by atoms with Crippen LogP contribution in [0.15, 0.2) is 11.9 Å². The molecule has 0 aliphatic heterocycles. The normalized spacial score (nSPS) is 12.3. The smallest absolute Gasteiger partial charge is 0.193 e. The van der Waals surface area contributed by atoms with Gasteiger partial charge < -0.3 is 0 Å². The molecule has 0 unspecified atom stereocenters. The zero-order valence-corrected chi connectivity index (χ0v) is 5.94. The second-order valence-corrected chi connectivity index (χ2v) is 2.16. The molecule has 9 heavy (non-hydrogen) atoms. The van der Waals surface area contributed by atoms with E-state index in [1.807, 2.05) is 0 Å². The Morgan fingerprint density at radius 3 is 2.11 bits per heavy atom. The number of rotatable bonds is 2. The average Bonchev–Trinajstić information content (AvgIpc) is 1.84. The first-order valence-corrected chi connectivity index (χ1v) is 2.95. The topological polar surface area (TPSA) is 17.1 Å². The molecular formula is C7H11FO. The fourth-order valence-electron chi connectivity index (χ4n) is 0.418. The number of Topliss-reactive ketones (excluding diaryl/α,β-unsaturated/α-hetero) is 1. The van der Waals surface area contributed by atoms with Crippen molar-refractivity contribution in [2.75, 3.05) is 0 Å². The fraction of sp³-hybridized carbons (Fsp3) is 0.571. The van der Waals surface area contributed by atoms with Crippen LogP contribution >= 0.6 is 0 Å². The first-order chi connectivity index (χ1) is 4.09. The molecule has 0 aromatic carbocycles. The van der Waals surface area contributed by atoms with E-state index in [0.29, 0.717) is 0 Å². The minimum atomic E-state index is -0.634. The molecule has 0 radical (unpaired) electrons. The van der Waals surface area contributed by atoms with Gasteiger partial charge in [-0.25, -0.2) is 4.39 Å². The highest BCUT2D eigenvalue weighted by Crippen LogP contribution is 2.05. The monoisotopic (exact) mass is 130 g/mol. The van der Waals surface area contributed by atoms with Gasteiger partial charge >= 0.3 is 0 Å². The van der Waals surface area contributed by atoms with Crippen LogP contribution in [0.3, 0.4) is 0 Å². The van der Waals surface area contributed by atoms with Crippen molar-refractivity contribution in [2.24, 2.45) is 5.92 Å². The van der Waals surface area contributed by atoms with Gasteiger partial charge in [0.2, 0.25) is 0 Å². The van der Waals surface area contributed by atoms with E-state index in [-0.39, 0.29) is 5.92 Å². The maximum Gasteiger partial charge on any atom is 0.193 e. The van der Waals surface area contributed by atoms with Crippen molar-refractivity contribution >= 4 is 5.78 Å². The van der Waals surface area contributed by atoms with Crippen molar-refractivity contribution in [3.63, 3.8) is 0 Å². The Labute approximate surface area is 54.6 Å². The number of ketones is 1. The summed E-state index contributed by atoms with van der Waals surface area (Å²) in [4.78, 5) is 10.6.